The monoisotopic (exact) mass is 340 g/mol. The van der Waals surface area contributed by atoms with Crippen molar-refractivity contribution in [1.29, 1.82) is 0 Å². The second-order valence-corrected chi connectivity index (χ2v) is 5.24. The third-order valence-corrected chi connectivity index (χ3v) is 3.26. The molecule has 1 aromatic carbocycles. The highest BCUT2D eigenvalue weighted by atomic mass is 35.5. The fraction of sp³-hybridized carbons (Fsp3) is 0.200. The molecule has 0 saturated carbocycles. The van der Waals surface area contributed by atoms with Crippen molar-refractivity contribution < 1.29 is 14.6 Å². The van der Waals surface area contributed by atoms with Gasteiger partial charge in [-0.25, -0.2) is 4.98 Å². The first-order valence-electron chi connectivity index (χ1n) is 6.52. The van der Waals surface area contributed by atoms with Gasteiger partial charge in [-0.1, -0.05) is 53.5 Å². The zero-order chi connectivity index (χ0) is 15.9. The Hall–Kier alpha value is -1.82. The molecule has 0 saturated heterocycles. The lowest BCUT2D eigenvalue weighted by Crippen LogP contribution is -2.32. The summed E-state index contributed by atoms with van der Waals surface area (Å²) in [6.07, 6.45) is 0.207. The Morgan fingerprint density at radius 2 is 2.05 bits per heavy atom. The van der Waals surface area contributed by atoms with Gasteiger partial charge < -0.3 is 15.2 Å². The van der Waals surface area contributed by atoms with Gasteiger partial charge in [0.2, 0.25) is 5.88 Å². The summed E-state index contributed by atoms with van der Waals surface area (Å²) in [5.41, 5.74) is 0.531. The van der Waals surface area contributed by atoms with E-state index in [1.807, 2.05) is 6.07 Å². The highest BCUT2D eigenvalue weighted by Crippen LogP contribution is 2.24. The Labute approximate surface area is 137 Å². The van der Waals surface area contributed by atoms with E-state index >= 15 is 0 Å². The molecule has 1 amide bonds. The number of carbonyl (C=O) groups excluding carboxylic acids is 1. The van der Waals surface area contributed by atoms with Crippen LogP contribution in [0.3, 0.4) is 0 Å². The van der Waals surface area contributed by atoms with Crippen LogP contribution in [0, 0.1) is 0 Å². The van der Waals surface area contributed by atoms with E-state index in [2.05, 4.69) is 10.3 Å². The molecule has 116 valence electrons. The summed E-state index contributed by atoms with van der Waals surface area (Å²) in [5, 5.41) is 13.2. The number of nitrogens with zero attached hydrogens (tertiary/aromatic N) is 1. The third-order valence-electron chi connectivity index (χ3n) is 2.78. The lowest BCUT2D eigenvalue weighted by atomic mass is 10.1. The first kappa shape index (κ1) is 16.5. The van der Waals surface area contributed by atoms with E-state index in [0.29, 0.717) is 15.6 Å². The summed E-state index contributed by atoms with van der Waals surface area (Å²) < 4.78 is 5.33. The van der Waals surface area contributed by atoms with Crippen LogP contribution in [-0.2, 0) is 4.79 Å². The quantitative estimate of drug-likeness (QED) is 0.793. The van der Waals surface area contributed by atoms with Gasteiger partial charge in [0.25, 0.3) is 5.91 Å². The fourth-order valence-electron chi connectivity index (χ4n) is 1.71. The van der Waals surface area contributed by atoms with Crippen molar-refractivity contribution in [3.8, 4) is 5.88 Å². The number of ether oxygens (including phenoxy) is 1. The van der Waals surface area contributed by atoms with Crippen molar-refractivity contribution >= 4 is 29.1 Å². The van der Waals surface area contributed by atoms with Crippen LogP contribution in [0.1, 0.15) is 11.7 Å². The minimum Gasteiger partial charge on any atom is -0.475 e. The lowest BCUT2D eigenvalue weighted by molar-refractivity contribution is -0.129. The number of aliphatic hydroxyl groups excluding tert-OH is 1. The topological polar surface area (TPSA) is 71.5 Å². The van der Waals surface area contributed by atoms with Gasteiger partial charge in [-0.3, -0.25) is 4.79 Å². The van der Waals surface area contributed by atoms with E-state index in [4.69, 9.17) is 27.9 Å². The predicted octanol–water partition coefficient (Wildman–Crippen LogP) is 2.62. The van der Waals surface area contributed by atoms with Gasteiger partial charge in [0.1, 0.15) is 11.6 Å². The Morgan fingerprint density at radius 1 is 1.32 bits per heavy atom. The average molecular weight is 341 g/mol. The minimum atomic E-state index is -1.21. The molecule has 1 unspecified atom stereocenters. The summed E-state index contributed by atoms with van der Waals surface area (Å²) >= 11 is 11.6. The molecule has 2 rings (SSSR count). The normalized spacial score (nSPS) is 11.8. The summed E-state index contributed by atoms with van der Waals surface area (Å²) in [6.45, 7) is 0.380. The first-order chi connectivity index (χ1) is 10.6. The van der Waals surface area contributed by atoms with Crippen LogP contribution in [0.2, 0.25) is 10.0 Å². The second kappa shape index (κ2) is 7.98. The predicted molar refractivity (Wildman–Crippen MR) is 84.2 cm³/mol. The van der Waals surface area contributed by atoms with Crippen LogP contribution in [-0.4, -0.2) is 29.1 Å². The van der Waals surface area contributed by atoms with E-state index in [-0.39, 0.29) is 19.0 Å². The fourth-order valence-corrected chi connectivity index (χ4v) is 2.15. The van der Waals surface area contributed by atoms with Gasteiger partial charge in [0.05, 0.1) is 11.6 Å². The maximum atomic E-state index is 11.8. The molecule has 5 nitrogen and oxygen atoms in total. The van der Waals surface area contributed by atoms with Gasteiger partial charge in [0.15, 0.2) is 6.10 Å². The smallest absolute Gasteiger partial charge is 0.253 e. The first-order valence-corrected chi connectivity index (χ1v) is 7.28. The van der Waals surface area contributed by atoms with Crippen LogP contribution in [0.25, 0.3) is 0 Å². The Balaban J connectivity index is 1.77. The number of aromatic nitrogens is 1. The van der Waals surface area contributed by atoms with E-state index in [0.717, 1.165) is 0 Å². The molecule has 1 atom stereocenters. The van der Waals surface area contributed by atoms with Crippen LogP contribution in [0.5, 0.6) is 5.88 Å². The number of hydrogen-bond donors (Lipinski definition) is 2. The lowest BCUT2D eigenvalue weighted by Gasteiger charge is -2.12. The molecule has 1 aromatic heterocycles. The average Bonchev–Trinajstić information content (AvgIpc) is 2.53. The number of amides is 1. The van der Waals surface area contributed by atoms with E-state index < -0.39 is 12.0 Å². The molecule has 2 aromatic rings. The summed E-state index contributed by atoms with van der Waals surface area (Å²) in [5.74, 6) is -0.256. The number of nitrogens with one attached hydrogen (secondary N) is 1. The molecule has 7 heteroatoms. The van der Waals surface area contributed by atoms with Crippen molar-refractivity contribution in [2.75, 3.05) is 13.2 Å². The van der Waals surface area contributed by atoms with Crippen molar-refractivity contribution in [1.82, 2.24) is 10.3 Å². The number of pyridine rings is 1. The molecular weight excluding hydrogens is 327 g/mol. The van der Waals surface area contributed by atoms with Gasteiger partial charge >= 0.3 is 0 Å². The van der Waals surface area contributed by atoms with Crippen LogP contribution in [0.15, 0.2) is 42.6 Å². The molecule has 0 aliphatic carbocycles. The van der Waals surface area contributed by atoms with Crippen molar-refractivity contribution in [2.24, 2.45) is 0 Å². The maximum Gasteiger partial charge on any atom is 0.253 e. The molecule has 0 aliphatic rings. The van der Waals surface area contributed by atoms with Crippen LogP contribution < -0.4 is 10.1 Å². The largest absolute Gasteiger partial charge is 0.475 e. The third kappa shape index (κ3) is 4.59. The van der Waals surface area contributed by atoms with Crippen molar-refractivity contribution in [3.63, 3.8) is 0 Å². The van der Waals surface area contributed by atoms with E-state index in [1.54, 1.807) is 24.3 Å². The molecule has 1 heterocycles. The second-order valence-electron chi connectivity index (χ2n) is 4.39. The van der Waals surface area contributed by atoms with E-state index in [1.165, 1.54) is 12.3 Å². The maximum absolute atomic E-state index is 11.8. The SMILES string of the molecule is O=C(NCCOc1ncc(Cl)cc1Cl)C(O)c1ccccc1. The number of carbonyl (C=O) groups is 1. The molecule has 0 bridgehead atoms. The Morgan fingerprint density at radius 3 is 2.73 bits per heavy atom. The zero-order valence-electron chi connectivity index (χ0n) is 11.5. The molecule has 0 aliphatic heterocycles. The summed E-state index contributed by atoms with van der Waals surface area (Å²) in [4.78, 5) is 15.7. The summed E-state index contributed by atoms with van der Waals surface area (Å²) in [6, 6.07) is 10.2. The van der Waals surface area contributed by atoms with Gasteiger partial charge in [-0.2, -0.15) is 0 Å². The standard InChI is InChI=1S/C15H14Cl2N2O3/c16-11-8-12(17)15(19-9-11)22-7-6-18-14(21)13(20)10-4-2-1-3-5-10/h1-5,8-9,13,20H,6-7H2,(H,18,21). The number of aliphatic hydroxyl groups is 1. The molecule has 0 radical (unpaired) electrons. The van der Waals surface area contributed by atoms with Crippen LogP contribution >= 0.6 is 23.2 Å². The number of halogens is 2. The molecule has 2 N–H and O–H groups in total. The van der Waals surface area contributed by atoms with Crippen molar-refractivity contribution in [2.45, 2.75) is 6.10 Å². The van der Waals surface area contributed by atoms with Gasteiger partial charge in [0, 0.05) is 6.20 Å². The molecular formula is C15H14Cl2N2O3. The highest BCUT2D eigenvalue weighted by Gasteiger charge is 2.16. The Bertz CT molecular complexity index is 638. The van der Waals surface area contributed by atoms with Crippen LogP contribution in [0.4, 0.5) is 0 Å². The Kier molecular flexibility index (Phi) is 6.00. The van der Waals surface area contributed by atoms with Gasteiger partial charge in [-0.15, -0.1) is 0 Å². The van der Waals surface area contributed by atoms with Crippen molar-refractivity contribution in [3.05, 3.63) is 58.2 Å². The molecule has 22 heavy (non-hydrogen) atoms. The molecule has 0 fully saturated rings. The highest BCUT2D eigenvalue weighted by molar-refractivity contribution is 6.35. The minimum absolute atomic E-state index is 0.168. The zero-order valence-corrected chi connectivity index (χ0v) is 13.0. The van der Waals surface area contributed by atoms with E-state index in [9.17, 15) is 9.90 Å². The summed E-state index contributed by atoms with van der Waals surface area (Å²) in [7, 11) is 0. The van der Waals surface area contributed by atoms with Gasteiger partial charge in [-0.05, 0) is 11.6 Å². The number of rotatable bonds is 6. The number of benzene rings is 1. The number of hydrogen-bond acceptors (Lipinski definition) is 4. The molecule has 0 spiro atoms.